The van der Waals surface area contributed by atoms with E-state index in [1.807, 2.05) is 78.9 Å². The van der Waals surface area contributed by atoms with Crippen molar-refractivity contribution < 1.29 is 4.42 Å². The minimum atomic E-state index is 0.606. The second-order valence-corrected chi connectivity index (χ2v) is 12.0. The van der Waals surface area contributed by atoms with Crippen LogP contribution in [0.15, 0.2) is 156 Å². The summed E-state index contributed by atoms with van der Waals surface area (Å²) in [5.74, 6) is 1.86. The van der Waals surface area contributed by atoms with E-state index >= 15 is 0 Å². The Morgan fingerprint density at radius 2 is 0.872 bits per heavy atom. The maximum Gasteiger partial charge on any atom is 0.164 e. The lowest BCUT2D eigenvalue weighted by Gasteiger charge is -2.13. The number of hydrogen-bond acceptors (Lipinski definition) is 4. The normalized spacial score (nSPS) is 11.8. The van der Waals surface area contributed by atoms with Crippen molar-refractivity contribution in [1.82, 2.24) is 15.0 Å². The molecule has 218 valence electrons. The van der Waals surface area contributed by atoms with E-state index in [0.29, 0.717) is 17.5 Å². The average Bonchev–Trinajstić information content (AvgIpc) is 3.69. The Bertz CT molecular complexity index is 2590. The standard InChI is InChI=1S/C43H25N3O/c1-3-12-26(13-4-1)41-44-42(27-14-5-2-6-15-27)46-43(45-41)36-24-28(25-38-40(36)35-18-9-10-21-37(35)47-38)29-22-23-34-31-17-8-7-16-30(31)33-20-11-19-32(29)39(33)34/h1-25H. The molecule has 0 saturated heterocycles. The molecule has 0 unspecified atom stereocenters. The lowest BCUT2D eigenvalue weighted by molar-refractivity contribution is 0.669. The van der Waals surface area contributed by atoms with Crippen LogP contribution in [0.1, 0.15) is 0 Å². The van der Waals surface area contributed by atoms with E-state index in [9.17, 15) is 0 Å². The van der Waals surface area contributed by atoms with Gasteiger partial charge in [-0.3, -0.25) is 0 Å². The van der Waals surface area contributed by atoms with Gasteiger partial charge in [0.2, 0.25) is 0 Å². The van der Waals surface area contributed by atoms with Gasteiger partial charge >= 0.3 is 0 Å². The molecular weight excluding hydrogens is 574 g/mol. The smallest absolute Gasteiger partial charge is 0.164 e. The number of para-hydroxylation sites is 1. The topological polar surface area (TPSA) is 51.8 Å². The molecule has 0 radical (unpaired) electrons. The second kappa shape index (κ2) is 10.1. The maximum absolute atomic E-state index is 6.56. The number of nitrogens with zero attached hydrogens (tertiary/aromatic N) is 3. The molecule has 2 heterocycles. The summed E-state index contributed by atoms with van der Waals surface area (Å²) in [5.41, 5.74) is 11.7. The highest BCUT2D eigenvalue weighted by Gasteiger charge is 2.24. The zero-order chi connectivity index (χ0) is 30.9. The van der Waals surface area contributed by atoms with Crippen LogP contribution < -0.4 is 0 Å². The molecule has 4 nitrogen and oxygen atoms in total. The fraction of sp³-hybridized carbons (Fsp3) is 0. The minimum absolute atomic E-state index is 0.606. The molecule has 0 saturated carbocycles. The largest absolute Gasteiger partial charge is 0.456 e. The molecular formula is C43H25N3O. The third-order valence-corrected chi connectivity index (χ3v) is 9.28. The van der Waals surface area contributed by atoms with E-state index in [-0.39, 0.29) is 0 Å². The number of hydrogen-bond donors (Lipinski definition) is 0. The summed E-state index contributed by atoms with van der Waals surface area (Å²) in [6, 6.07) is 52.6. The highest BCUT2D eigenvalue weighted by Crippen LogP contribution is 2.50. The summed E-state index contributed by atoms with van der Waals surface area (Å²) in [5, 5.41) is 4.52. The van der Waals surface area contributed by atoms with Crippen LogP contribution in [0.4, 0.5) is 0 Å². The van der Waals surface area contributed by atoms with Gasteiger partial charge in [-0.1, -0.05) is 133 Å². The molecule has 47 heavy (non-hydrogen) atoms. The van der Waals surface area contributed by atoms with Crippen molar-refractivity contribution in [3.8, 4) is 67.5 Å². The first-order valence-electron chi connectivity index (χ1n) is 15.8. The average molecular weight is 600 g/mol. The number of fused-ring (bicyclic) bond motifs is 6. The zero-order valence-corrected chi connectivity index (χ0v) is 25.2. The highest BCUT2D eigenvalue weighted by molar-refractivity contribution is 6.20. The van der Waals surface area contributed by atoms with Crippen molar-refractivity contribution in [3.05, 3.63) is 152 Å². The Morgan fingerprint density at radius 3 is 1.60 bits per heavy atom. The van der Waals surface area contributed by atoms with Gasteiger partial charge in [-0.2, -0.15) is 0 Å². The van der Waals surface area contributed by atoms with Crippen LogP contribution in [-0.2, 0) is 0 Å². The lowest BCUT2D eigenvalue weighted by Crippen LogP contribution is -2.00. The van der Waals surface area contributed by atoms with Crippen LogP contribution in [0.2, 0.25) is 0 Å². The first kappa shape index (κ1) is 25.9. The molecule has 4 heteroatoms. The molecule has 0 fully saturated rings. The van der Waals surface area contributed by atoms with Gasteiger partial charge < -0.3 is 4.42 Å². The molecule has 7 aromatic carbocycles. The predicted molar refractivity (Wildman–Crippen MR) is 191 cm³/mol. The van der Waals surface area contributed by atoms with E-state index in [0.717, 1.165) is 49.8 Å². The third kappa shape index (κ3) is 3.98. The summed E-state index contributed by atoms with van der Waals surface area (Å²) >= 11 is 0. The van der Waals surface area contributed by atoms with Gasteiger partial charge in [-0.05, 0) is 62.4 Å². The molecule has 0 bridgehead atoms. The van der Waals surface area contributed by atoms with E-state index < -0.39 is 0 Å². The molecule has 10 rings (SSSR count). The van der Waals surface area contributed by atoms with Crippen LogP contribution in [0.5, 0.6) is 0 Å². The van der Waals surface area contributed by atoms with E-state index in [1.165, 1.54) is 33.0 Å². The van der Waals surface area contributed by atoms with Gasteiger partial charge in [-0.25, -0.2) is 15.0 Å². The Kier molecular flexibility index (Phi) is 5.54. The van der Waals surface area contributed by atoms with E-state index in [2.05, 4.69) is 72.8 Å². The van der Waals surface area contributed by atoms with Crippen molar-refractivity contribution in [2.45, 2.75) is 0 Å². The Morgan fingerprint density at radius 1 is 0.319 bits per heavy atom. The Hall–Kier alpha value is -6.39. The van der Waals surface area contributed by atoms with Gasteiger partial charge in [0.15, 0.2) is 17.5 Å². The van der Waals surface area contributed by atoms with E-state index in [4.69, 9.17) is 19.4 Å². The number of furan rings is 1. The number of benzene rings is 7. The van der Waals surface area contributed by atoms with Crippen LogP contribution in [0.3, 0.4) is 0 Å². The summed E-state index contributed by atoms with van der Waals surface area (Å²) in [4.78, 5) is 15.2. The van der Waals surface area contributed by atoms with Crippen molar-refractivity contribution in [3.63, 3.8) is 0 Å². The molecule has 0 amide bonds. The van der Waals surface area contributed by atoms with Crippen LogP contribution in [0, 0.1) is 0 Å². The predicted octanol–water partition coefficient (Wildman–Crippen LogP) is 11.2. The quantitative estimate of drug-likeness (QED) is 0.202. The zero-order valence-electron chi connectivity index (χ0n) is 25.2. The summed E-state index contributed by atoms with van der Waals surface area (Å²) in [7, 11) is 0. The fourth-order valence-electron chi connectivity index (χ4n) is 7.18. The van der Waals surface area contributed by atoms with Crippen LogP contribution in [0.25, 0.3) is 100 Å². The Labute approximate surface area is 270 Å². The Balaban J connectivity index is 1.27. The van der Waals surface area contributed by atoms with Crippen LogP contribution >= 0.6 is 0 Å². The molecule has 0 atom stereocenters. The molecule has 1 aliphatic carbocycles. The summed E-state index contributed by atoms with van der Waals surface area (Å²) in [6.45, 7) is 0. The molecule has 0 N–H and O–H groups in total. The van der Waals surface area contributed by atoms with Crippen molar-refractivity contribution in [2.75, 3.05) is 0 Å². The van der Waals surface area contributed by atoms with Gasteiger partial charge in [0, 0.05) is 27.5 Å². The molecule has 0 spiro atoms. The monoisotopic (exact) mass is 599 g/mol. The fourth-order valence-corrected chi connectivity index (χ4v) is 7.18. The maximum atomic E-state index is 6.56. The molecule has 2 aromatic heterocycles. The van der Waals surface area contributed by atoms with Gasteiger partial charge in [0.25, 0.3) is 0 Å². The molecule has 1 aliphatic rings. The van der Waals surface area contributed by atoms with Crippen molar-refractivity contribution in [1.29, 1.82) is 0 Å². The van der Waals surface area contributed by atoms with Crippen molar-refractivity contribution in [2.24, 2.45) is 0 Å². The summed E-state index contributed by atoms with van der Waals surface area (Å²) < 4.78 is 6.56. The van der Waals surface area contributed by atoms with E-state index in [1.54, 1.807) is 0 Å². The van der Waals surface area contributed by atoms with Gasteiger partial charge in [0.1, 0.15) is 11.2 Å². The number of aromatic nitrogens is 3. The van der Waals surface area contributed by atoms with Crippen molar-refractivity contribution >= 4 is 32.7 Å². The third-order valence-electron chi connectivity index (χ3n) is 9.28. The SMILES string of the molecule is c1ccc(-c2nc(-c3ccccc3)nc(-c3cc(-c4ccc5c6c(cccc46)-c4ccccc4-5)cc4oc5ccccc5c34)n2)cc1. The highest BCUT2D eigenvalue weighted by atomic mass is 16.3. The molecule has 9 aromatic rings. The van der Waals surface area contributed by atoms with Gasteiger partial charge in [0.05, 0.1) is 0 Å². The second-order valence-electron chi connectivity index (χ2n) is 12.0. The molecule has 0 aliphatic heterocycles. The first-order chi connectivity index (χ1) is 23.3. The van der Waals surface area contributed by atoms with Gasteiger partial charge in [-0.15, -0.1) is 0 Å². The minimum Gasteiger partial charge on any atom is -0.456 e. The van der Waals surface area contributed by atoms with Crippen LogP contribution in [-0.4, -0.2) is 15.0 Å². The number of rotatable bonds is 4. The lowest BCUT2D eigenvalue weighted by atomic mass is 9.92. The first-order valence-corrected chi connectivity index (χ1v) is 15.8. The summed E-state index contributed by atoms with van der Waals surface area (Å²) in [6.07, 6.45) is 0.